The molecule has 18 heavy (non-hydrogen) atoms. The second-order valence-corrected chi connectivity index (χ2v) is 4.98. The first-order valence-corrected chi connectivity index (χ1v) is 6.45. The van der Waals surface area contributed by atoms with Crippen LogP contribution in [0, 0.1) is 6.92 Å². The molecule has 1 N–H and O–H groups in total. The molecule has 0 heterocycles. The summed E-state index contributed by atoms with van der Waals surface area (Å²) in [5.74, 6) is 0.183. The van der Waals surface area contributed by atoms with Crippen molar-refractivity contribution in [2.75, 3.05) is 20.1 Å². The third kappa shape index (κ3) is 5.43. The predicted molar refractivity (Wildman–Crippen MR) is 73.9 cm³/mol. The standard InChI is InChI=1S/C15H23NO2/c1-12-5-4-6-14(11-12)15(18)8-10-16(3)9-7-13(2)17/h4-6,11,13,17H,7-10H2,1-3H3. The summed E-state index contributed by atoms with van der Waals surface area (Å²) in [5, 5.41) is 9.19. The van der Waals surface area contributed by atoms with Crippen molar-refractivity contribution < 1.29 is 9.90 Å². The van der Waals surface area contributed by atoms with Gasteiger partial charge in [-0.15, -0.1) is 0 Å². The van der Waals surface area contributed by atoms with Gasteiger partial charge < -0.3 is 10.0 Å². The lowest BCUT2D eigenvalue weighted by atomic mass is 10.1. The minimum absolute atomic E-state index is 0.183. The molecule has 1 unspecified atom stereocenters. The Labute approximate surface area is 109 Å². The van der Waals surface area contributed by atoms with Gasteiger partial charge in [-0.1, -0.05) is 23.8 Å². The lowest BCUT2D eigenvalue weighted by Crippen LogP contribution is -2.25. The summed E-state index contributed by atoms with van der Waals surface area (Å²) >= 11 is 0. The van der Waals surface area contributed by atoms with Gasteiger partial charge in [-0.2, -0.15) is 0 Å². The van der Waals surface area contributed by atoms with Crippen molar-refractivity contribution in [3.8, 4) is 0 Å². The summed E-state index contributed by atoms with van der Waals surface area (Å²) in [7, 11) is 1.98. The number of rotatable bonds is 7. The molecule has 0 bridgehead atoms. The van der Waals surface area contributed by atoms with E-state index in [0.717, 1.165) is 30.6 Å². The molecular weight excluding hydrogens is 226 g/mol. The Balaban J connectivity index is 2.37. The molecule has 0 radical (unpaired) electrons. The summed E-state index contributed by atoms with van der Waals surface area (Å²) in [5.41, 5.74) is 1.90. The number of aryl methyl sites for hydroxylation is 1. The van der Waals surface area contributed by atoms with Crippen LogP contribution < -0.4 is 0 Å². The number of nitrogens with zero attached hydrogens (tertiary/aromatic N) is 1. The summed E-state index contributed by atoms with van der Waals surface area (Å²) in [6, 6.07) is 7.70. The number of carbonyl (C=O) groups is 1. The van der Waals surface area contributed by atoms with E-state index in [1.807, 2.05) is 38.2 Å². The fourth-order valence-electron chi connectivity index (χ4n) is 1.77. The van der Waals surface area contributed by atoms with Crippen LogP contribution in [-0.2, 0) is 0 Å². The van der Waals surface area contributed by atoms with Gasteiger partial charge in [0.15, 0.2) is 5.78 Å². The van der Waals surface area contributed by atoms with E-state index in [9.17, 15) is 9.90 Å². The summed E-state index contributed by atoms with van der Waals surface area (Å²) in [6.07, 6.45) is 0.995. The van der Waals surface area contributed by atoms with E-state index in [4.69, 9.17) is 0 Å². The van der Waals surface area contributed by atoms with E-state index < -0.39 is 0 Å². The molecule has 0 saturated heterocycles. The van der Waals surface area contributed by atoms with Crippen molar-refractivity contribution in [2.24, 2.45) is 0 Å². The average molecular weight is 249 g/mol. The molecule has 0 aliphatic rings. The molecule has 0 spiro atoms. The number of ketones is 1. The van der Waals surface area contributed by atoms with Crippen LogP contribution in [0.3, 0.4) is 0 Å². The van der Waals surface area contributed by atoms with E-state index in [1.54, 1.807) is 6.92 Å². The number of aliphatic hydroxyl groups excluding tert-OH is 1. The van der Waals surface area contributed by atoms with Gasteiger partial charge in [0.25, 0.3) is 0 Å². The summed E-state index contributed by atoms with van der Waals surface area (Å²) in [4.78, 5) is 14.0. The topological polar surface area (TPSA) is 40.5 Å². The van der Waals surface area contributed by atoms with Crippen LogP contribution in [0.1, 0.15) is 35.7 Å². The number of benzene rings is 1. The van der Waals surface area contributed by atoms with Crippen LogP contribution >= 0.6 is 0 Å². The minimum atomic E-state index is -0.278. The maximum atomic E-state index is 12.0. The lowest BCUT2D eigenvalue weighted by molar-refractivity contribution is 0.0965. The Morgan fingerprint density at radius 3 is 2.72 bits per heavy atom. The number of carbonyl (C=O) groups excluding carboxylic acids is 1. The smallest absolute Gasteiger partial charge is 0.164 e. The molecule has 0 aliphatic heterocycles. The molecule has 100 valence electrons. The fraction of sp³-hybridized carbons (Fsp3) is 0.533. The molecule has 0 amide bonds. The third-order valence-corrected chi connectivity index (χ3v) is 2.99. The first kappa shape index (κ1) is 14.9. The van der Waals surface area contributed by atoms with Gasteiger partial charge in [-0.05, 0) is 33.4 Å². The highest BCUT2D eigenvalue weighted by Gasteiger charge is 2.08. The molecule has 1 aromatic rings. The van der Waals surface area contributed by atoms with E-state index in [1.165, 1.54) is 0 Å². The highest BCUT2D eigenvalue weighted by atomic mass is 16.3. The van der Waals surface area contributed by atoms with Crippen LogP contribution in [0.25, 0.3) is 0 Å². The highest BCUT2D eigenvalue weighted by Crippen LogP contribution is 2.07. The normalized spacial score (nSPS) is 12.7. The van der Waals surface area contributed by atoms with Gasteiger partial charge in [0.05, 0.1) is 6.10 Å². The zero-order chi connectivity index (χ0) is 13.5. The second kappa shape index (κ2) is 7.29. The van der Waals surface area contributed by atoms with Gasteiger partial charge in [0.2, 0.25) is 0 Å². The van der Waals surface area contributed by atoms with Crippen LogP contribution in [0.4, 0.5) is 0 Å². The second-order valence-electron chi connectivity index (χ2n) is 4.98. The maximum absolute atomic E-state index is 12.0. The monoisotopic (exact) mass is 249 g/mol. The van der Waals surface area contributed by atoms with Gasteiger partial charge in [-0.25, -0.2) is 0 Å². The molecule has 3 nitrogen and oxygen atoms in total. The molecule has 1 aromatic carbocycles. The zero-order valence-corrected chi connectivity index (χ0v) is 11.5. The molecule has 0 aromatic heterocycles. The Morgan fingerprint density at radius 1 is 1.39 bits per heavy atom. The SMILES string of the molecule is Cc1cccc(C(=O)CCN(C)CCC(C)O)c1. The van der Waals surface area contributed by atoms with E-state index in [0.29, 0.717) is 6.42 Å². The van der Waals surface area contributed by atoms with Crippen LogP contribution in [-0.4, -0.2) is 42.0 Å². The minimum Gasteiger partial charge on any atom is -0.393 e. The van der Waals surface area contributed by atoms with Crippen molar-refractivity contribution in [3.05, 3.63) is 35.4 Å². The summed E-state index contributed by atoms with van der Waals surface area (Å²) < 4.78 is 0. The molecule has 1 atom stereocenters. The quantitative estimate of drug-likeness (QED) is 0.754. The Hall–Kier alpha value is -1.19. The van der Waals surface area contributed by atoms with E-state index in [-0.39, 0.29) is 11.9 Å². The van der Waals surface area contributed by atoms with E-state index >= 15 is 0 Å². The van der Waals surface area contributed by atoms with Crippen molar-refractivity contribution in [1.29, 1.82) is 0 Å². The van der Waals surface area contributed by atoms with Gasteiger partial charge in [-0.3, -0.25) is 4.79 Å². The van der Waals surface area contributed by atoms with Crippen molar-refractivity contribution in [3.63, 3.8) is 0 Å². The average Bonchev–Trinajstić information content (AvgIpc) is 2.33. The first-order chi connectivity index (χ1) is 8.49. The summed E-state index contributed by atoms with van der Waals surface area (Å²) in [6.45, 7) is 5.33. The Morgan fingerprint density at radius 2 is 2.11 bits per heavy atom. The molecule has 1 rings (SSSR count). The molecule has 0 aliphatic carbocycles. The van der Waals surface area contributed by atoms with Gasteiger partial charge in [0.1, 0.15) is 0 Å². The number of hydrogen-bond donors (Lipinski definition) is 1. The third-order valence-electron chi connectivity index (χ3n) is 2.99. The Bertz CT molecular complexity index is 388. The lowest BCUT2D eigenvalue weighted by Gasteiger charge is -2.16. The number of Topliss-reactive ketones (excluding diaryl/α,β-unsaturated/α-hetero) is 1. The van der Waals surface area contributed by atoms with Crippen molar-refractivity contribution in [1.82, 2.24) is 4.90 Å². The molecule has 3 heteroatoms. The van der Waals surface area contributed by atoms with Gasteiger partial charge >= 0.3 is 0 Å². The molecular formula is C15H23NO2. The largest absolute Gasteiger partial charge is 0.393 e. The first-order valence-electron chi connectivity index (χ1n) is 6.45. The maximum Gasteiger partial charge on any atom is 0.164 e. The van der Waals surface area contributed by atoms with E-state index in [2.05, 4.69) is 4.90 Å². The highest BCUT2D eigenvalue weighted by molar-refractivity contribution is 5.96. The zero-order valence-electron chi connectivity index (χ0n) is 11.5. The predicted octanol–water partition coefficient (Wildman–Crippen LogP) is 2.27. The van der Waals surface area contributed by atoms with Crippen LogP contribution in [0.2, 0.25) is 0 Å². The van der Waals surface area contributed by atoms with Crippen molar-refractivity contribution >= 4 is 5.78 Å². The van der Waals surface area contributed by atoms with Crippen molar-refractivity contribution in [2.45, 2.75) is 32.8 Å². The van der Waals surface area contributed by atoms with Crippen LogP contribution in [0.5, 0.6) is 0 Å². The van der Waals surface area contributed by atoms with Gasteiger partial charge in [0, 0.05) is 25.1 Å². The number of hydrogen-bond acceptors (Lipinski definition) is 3. The molecule has 0 saturated carbocycles. The van der Waals surface area contributed by atoms with Crippen LogP contribution in [0.15, 0.2) is 24.3 Å². The number of aliphatic hydroxyl groups is 1. The molecule has 0 fully saturated rings. The Kier molecular flexibility index (Phi) is 6.02. The fourth-order valence-corrected chi connectivity index (χ4v) is 1.77.